The maximum Gasteiger partial charge on any atom is 0.238 e. The molecule has 0 unspecified atom stereocenters. The molecule has 116 valence electrons. The van der Waals surface area contributed by atoms with E-state index in [1.54, 1.807) is 0 Å². The number of anilines is 1. The van der Waals surface area contributed by atoms with Gasteiger partial charge in [0.1, 0.15) is 0 Å². The third-order valence-electron chi connectivity index (χ3n) is 3.44. The molecular formula is C17H26N2O2. The molecule has 1 aliphatic rings. The van der Waals surface area contributed by atoms with E-state index >= 15 is 0 Å². The first-order valence-electron chi connectivity index (χ1n) is 7.61. The molecule has 1 saturated heterocycles. The van der Waals surface area contributed by atoms with E-state index < -0.39 is 0 Å². The van der Waals surface area contributed by atoms with Gasteiger partial charge in [0, 0.05) is 18.8 Å². The molecule has 0 saturated carbocycles. The number of ether oxygens (including phenoxy) is 1. The molecule has 0 spiro atoms. The van der Waals surface area contributed by atoms with E-state index in [0.717, 1.165) is 38.4 Å². The summed E-state index contributed by atoms with van der Waals surface area (Å²) in [5, 5.41) is 2.96. The lowest BCUT2D eigenvalue weighted by atomic mass is 9.88. The summed E-state index contributed by atoms with van der Waals surface area (Å²) in [6.07, 6.45) is 1.04. The summed E-state index contributed by atoms with van der Waals surface area (Å²) in [5.41, 5.74) is 2.45. The van der Waals surface area contributed by atoms with Crippen molar-refractivity contribution in [3.05, 3.63) is 29.8 Å². The Morgan fingerprint density at radius 2 is 1.81 bits per heavy atom. The van der Waals surface area contributed by atoms with E-state index in [4.69, 9.17) is 4.74 Å². The van der Waals surface area contributed by atoms with Crippen LogP contribution in [0, 0.1) is 5.41 Å². The fraction of sp³-hybridized carbons (Fsp3) is 0.588. The molecule has 1 amide bonds. The lowest BCUT2D eigenvalue weighted by molar-refractivity contribution is -0.118. The summed E-state index contributed by atoms with van der Waals surface area (Å²) in [6, 6.07) is 8.15. The van der Waals surface area contributed by atoms with Gasteiger partial charge in [-0.15, -0.1) is 0 Å². The van der Waals surface area contributed by atoms with Crippen LogP contribution in [0.25, 0.3) is 0 Å². The van der Waals surface area contributed by atoms with Crippen molar-refractivity contribution in [3.63, 3.8) is 0 Å². The van der Waals surface area contributed by atoms with Crippen LogP contribution in [0.4, 0.5) is 5.69 Å². The molecule has 4 heteroatoms. The number of rotatable bonds is 4. The number of carbonyl (C=O) groups excluding carboxylic acids is 1. The van der Waals surface area contributed by atoms with Crippen LogP contribution >= 0.6 is 0 Å². The van der Waals surface area contributed by atoms with E-state index in [0.29, 0.717) is 6.54 Å². The molecule has 0 bridgehead atoms. The van der Waals surface area contributed by atoms with Crippen molar-refractivity contribution >= 4 is 11.6 Å². The summed E-state index contributed by atoms with van der Waals surface area (Å²) < 4.78 is 5.28. The largest absolute Gasteiger partial charge is 0.379 e. The zero-order valence-electron chi connectivity index (χ0n) is 13.3. The van der Waals surface area contributed by atoms with Crippen LogP contribution in [0.5, 0.6) is 0 Å². The number of nitrogens with zero attached hydrogens (tertiary/aromatic N) is 1. The summed E-state index contributed by atoms with van der Waals surface area (Å²) in [5.74, 6) is 0.0421. The van der Waals surface area contributed by atoms with Crippen LogP contribution in [0.3, 0.4) is 0 Å². The van der Waals surface area contributed by atoms with Gasteiger partial charge in [-0.25, -0.2) is 0 Å². The molecule has 1 aliphatic heterocycles. The molecular weight excluding hydrogens is 264 g/mol. The highest BCUT2D eigenvalue weighted by Gasteiger charge is 2.14. The first-order valence-corrected chi connectivity index (χ1v) is 7.61. The molecule has 1 N–H and O–H groups in total. The van der Waals surface area contributed by atoms with Gasteiger partial charge in [-0.05, 0) is 29.5 Å². The van der Waals surface area contributed by atoms with Gasteiger partial charge in [-0.2, -0.15) is 0 Å². The maximum atomic E-state index is 12.0. The average Bonchev–Trinajstić information content (AvgIpc) is 2.40. The number of nitrogens with one attached hydrogen (secondary N) is 1. The zero-order chi connectivity index (χ0) is 15.3. The second kappa shape index (κ2) is 7.05. The minimum atomic E-state index is 0.0421. The van der Waals surface area contributed by atoms with Gasteiger partial charge in [0.25, 0.3) is 0 Å². The van der Waals surface area contributed by atoms with Crippen molar-refractivity contribution in [3.8, 4) is 0 Å². The molecule has 0 atom stereocenters. The highest BCUT2D eigenvalue weighted by Crippen LogP contribution is 2.21. The van der Waals surface area contributed by atoms with Crippen LogP contribution < -0.4 is 5.32 Å². The fourth-order valence-electron chi connectivity index (χ4n) is 2.48. The lowest BCUT2D eigenvalue weighted by Crippen LogP contribution is -2.41. The Kier molecular flexibility index (Phi) is 5.37. The van der Waals surface area contributed by atoms with Crippen LogP contribution in [0.1, 0.15) is 26.3 Å². The van der Waals surface area contributed by atoms with Gasteiger partial charge in [0.15, 0.2) is 0 Å². The molecule has 0 aromatic heterocycles. The predicted molar refractivity (Wildman–Crippen MR) is 85.5 cm³/mol. The topological polar surface area (TPSA) is 41.6 Å². The second-order valence-corrected chi connectivity index (χ2v) is 6.87. The molecule has 21 heavy (non-hydrogen) atoms. The molecule has 1 fully saturated rings. The minimum Gasteiger partial charge on any atom is -0.379 e. The van der Waals surface area contributed by atoms with Gasteiger partial charge in [0.2, 0.25) is 5.91 Å². The monoisotopic (exact) mass is 290 g/mol. The minimum absolute atomic E-state index is 0.0421. The van der Waals surface area contributed by atoms with E-state index in [9.17, 15) is 4.79 Å². The quantitative estimate of drug-likeness (QED) is 0.926. The number of carbonyl (C=O) groups is 1. The van der Waals surface area contributed by atoms with Crippen molar-refractivity contribution in [2.24, 2.45) is 5.41 Å². The van der Waals surface area contributed by atoms with E-state index in [-0.39, 0.29) is 11.3 Å². The van der Waals surface area contributed by atoms with Crippen LogP contribution in [-0.2, 0) is 16.0 Å². The molecule has 1 aromatic rings. The normalized spacial score (nSPS) is 16.7. The number of morpholine rings is 1. The number of hydrogen-bond donors (Lipinski definition) is 1. The van der Waals surface area contributed by atoms with Crippen LogP contribution in [-0.4, -0.2) is 43.7 Å². The summed E-state index contributed by atoms with van der Waals surface area (Å²) in [6.45, 7) is 10.2. The Bertz CT molecular complexity index is 457. The fourth-order valence-corrected chi connectivity index (χ4v) is 2.48. The molecule has 0 aliphatic carbocycles. The third-order valence-corrected chi connectivity index (χ3v) is 3.44. The van der Waals surface area contributed by atoms with Crippen LogP contribution in [0.2, 0.25) is 0 Å². The third kappa shape index (κ3) is 5.86. The first-order chi connectivity index (χ1) is 9.92. The van der Waals surface area contributed by atoms with Crippen LogP contribution in [0.15, 0.2) is 24.3 Å². The van der Waals surface area contributed by atoms with Gasteiger partial charge in [-0.1, -0.05) is 32.9 Å². The van der Waals surface area contributed by atoms with E-state index in [2.05, 4.69) is 43.1 Å². The SMILES string of the molecule is CC(C)(C)Cc1ccc(NC(=O)CN2CCOCC2)cc1. The second-order valence-electron chi connectivity index (χ2n) is 6.87. The van der Waals surface area contributed by atoms with Crippen molar-refractivity contribution in [2.75, 3.05) is 38.2 Å². The van der Waals surface area contributed by atoms with Gasteiger partial charge >= 0.3 is 0 Å². The molecule has 0 radical (unpaired) electrons. The van der Waals surface area contributed by atoms with Crippen molar-refractivity contribution in [1.29, 1.82) is 0 Å². The van der Waals surface area contributed by atoms with Crippen molar-refractivity contribution in [1.82, 2.24) is 4.90 Å². The predicted octanol–water partition coefficient (Wildman–Crippen LogP) is 2.55. The highest BCUT2D eigenvalue weighted by atomic mass is 16.5. The average molecular weight is 290 g/mol. The van der Waals surface area contributed by atoms with Gasteiger partial charge < -0.3 is 10.1 Å². The first kappa shape index (κ1) is 16.0. The Labute approximate surface area is 127 Å². The maximum absolute atomic E-state index is 12.0. The molecule has 4 nitrogen and oxygen atoms in total. The van der Waals surface area contributed by atoms with Crippen molar-refractivity contribution < 1.29 is 9.53 Å². The Hall–Kier alpha value is -1.39. The smallest absolute Gasteiger partial charge is 0.238 e. The summed E-state index contributed by atoms with van der Waals surface area (Å²) >= 11 is 0. The molecule has 2 rings (SSSR count). The Balaban J connectivity index is 1.83. The van der Waals surface area contributed by atoms with E-state index in [1.807, 2.05) is 12.1 Å². The number of hydrogen-bond acceptors (Lipinski definition) is 3. The van der Waals surface area contributed by atoms with Crippen molar-refractivity contribution in [2.45, 2.75) is 27.2 Å². The Morgan fingerprint density at radius 1 is 1.19 bits per heavy atom. The highest BCUT2D eigenvalue weighted by molar-refractivity contribution is 5.92. The number of benzene rings is 1. The van der Waals surface area contributed by atoms with Gasteiger partial charge in [0.05, 0.1) is 19.8 Å². The Morgan fingerprint density at radius 3 is 2.38 bits per heavy atom. The molecule has 1 heterocycles. The summed E-state index contributed by atoms with van der Waals surface area (Å²) in [4.78, 5) is 14.1. The molecule has 1 aromatic carbocycles. The zero-order valence-corrected chi connectivity index (χ0v) is 13.3. The lowest BCUT2D eigenvalue weighted by Gasteiger charge is -2.25. The number of amides is 1. The summed E-state index contributed by atoms with van der Waals surface area (Å²) in [7, 11) is 0. The standard InChI is InChI=1S/C17H26N2O2/c1-17(2,3)12-14-4-6-15(7-5-14)18-16(20)13-19-8-10-21-11-9-19/h4-7H,8-13H2,1-3H3,(H,18,20). The van der Waals surface area contributed by atoms with E-state index in [1.165, 1.54) is 5.56 Å². The van der Waals surface area contributed by atoms with Gasteiger partial charge in [-0.3, -0.25) is 9.69 Å².